The number of halogens is 1. The summed E-state index contributed by atoms with van der Waals surface area (Å²) in [5.41, 5.74) is 1.34. The van der Waals surface area contributed by atoms with E-state index in [4.69, 9.17) is 0 Å². The number of thiazole rings is 1. The van der Waals surface area contributed by atoms with Crippen molar-refractivity contribution in [3.05, 3.63) is 34.1 Å². The zero-order valence-corrected chi connectivity index (χ0v) is 13.3. The number of nitrogens with one attached hydrogen (secondary N) is 1. The molecule has 0 atom stereocenters. The molecule has 0 aliphatic carbocycles. The van der Waals surface area contributed by atoms with Crippen LogP contribution in [0.3, 0.4) is 0 Å². The Kier molecular flexibility index (Phi) is 4.35. The van der Waals surface area contributed by atoms with Crippen LogP contribution in [0.2, 0.25) is 0 Å². The van der Waals surface area contributed by atoms with Crippen molar-refractivity contribution in [1.29, 1.82) is 0 Å². The number of anilines is 1. The molecule has 0 saturated heterocycles. The fourth-order valence-corrected chi connectivity index (χ4v) is 4.00. The number of hydrogen-bond donors (Lipinski definition) is 1. The maximum atomic E-state index is 12.3. The zero-order valence-electron chi connectivity index (χ0n) is 10.0. The minimum absolute atomic E-state index is 0.201. The lowest BCUT2D eigenvalue weighted by molar-refractivity contribution is 0.0590. The number of ether oxygens (including phenoxy) is 1. The van der Waals surface area contributed by atoms with Crippen LogP contribution >= 0.6 is 27.3 Å². The number of methoxy groups -OCH3 is 1. The fourth-order valence-electron chi connectivity index (χ4n) is 1.31. The molecule has 2 heterocycles. The first-order valence-electron chi connectivity index (χ1n) is 5.10. The van der Waals surface area contributed by atoms with Gasteiger partial charge in [-0.3, -0.25) is 9.71 Å². The van der Waals surface area contributed by atoms with Crippen LogP contribution in [0.4, 0.5) is 5.69 Å². The van der Waals surface area contributed by atoms with Gasteiger partial charge in [-0.05, 0) is 22.0 Å². The molecule has 0 aromatic carbocycles. The number of sulfonamides is 1. The molecular formula is C10H8BrN3O4S2. The van der Waals surface area contributed by atoms with E-state index in [2.05, 4.69) is 35.4 Å². The highest BCUT2D eigenvalue weighted by atomic mass is 79.9. The van der Waals surface area contributed by atoms with E-state index >= 15 is 0 Å². The minimum atomic E-state index is -3.93. The molecule has 7 nitrogen and oxygen atoms in total. The fraction of sp³-hybridized carbons (Fsp3) is 0.100. The second kappa shape index (κ2) is 5.85. The summed E-state index contributed by atoms with van der Waals surface area (Å²) in [6.07, 6.45) is 2.89. The summed E-state index contributed by atoms with van der Waals surface area (Å²) in [4.78, 5) is 19.0. The number of nitrogens with zero attached hydrogens (tertiary/aromatic N) is 2. The van der Waals surface area contributed by atoms with Gasteiger partial charge in [0.15, 0.2) is 9.90 Å². The van der Waals surface area contributed by atoms with Gasteiger partial charge in [0, 0.05) is 12.4 Å². The van der Waals surface area contributed by atoms with Crippen molar-refractivity contribution in [2.75, 3.05) is 11.8 Å². The molecule has 2 rings (SSSR count). The van der Waals surface area contributed by atoms with E-state index in [1.165, 1.54) is 24.0 Å². The number of aromatic nitrogens is 2. The van der Waals surface area contributed by atoms with E-state index in [1.807, 2.05) is 0 Å². The third-order valence-corrected chi connectivity index (χ3v) is 5.54. The molecule has 0 saturated carbocycles. The van der Waals surface area contributed by atoms with Gasteiger partial charge in [0.05, 0.1) is 22.8 Å². The van der Waals surface area contributed by atoms with Crippen molar-refractivity contribution >= 4 is 48.9 Å². The molecule has 0 aliphatic heterocycles. The first-order chi connectivity index (χ1) is 9.45. The van der Waals surface area contributed by atoms with Gasteiger partial charge in [-0.1, -0.05) is 0 Å². The molecule has 0 unspecified atom stereocenters. The van der Waals surface area contributed by atoms with Crippen LogP contribution in [0.25, 0.3) is 0 Å². The van der Waals surface area contributed by atoms with E-state index < -0.39 is 16.0 Å². The Hall–Kier alpha value is -1.52. The minimum Gasteiger partial charge on any atom is -0.464 e. The lowest BCUT2D eigenvalue weighted by Crippen LogP contribution is -2.16. The van der Waals surface area contributed by atoms with E-state index in [9.17, 15) is 13.2 Å². The number of pyridine rings is 1. The maximum absolute atomic E-state index is 12.3. The van der Waals surface area contributed by atoms with Gasteiger partial charge < -0.3 is 4.74 Å². The monoisotopic (exact) mass is 377 g/mol. The van der Waals surface area contributed by atoms with Gasteiger partial charge in [-0.2, -0.15) is 0 Å². The average Bonchev–Trinajstić information content (AvgIpc) is 2.90. The molecule has 0 amide bonds. The Bertz CT molecular complexity index is 744. The second-order valence-corrected chi connectivity index (χ2v) is 7.03. The van der Waals surface area contributed by atoms with Crippen LogP contribution in [0.5, 0.6) is 0 Å². The SMILES string of the molecule is COC(=O)c1ncsc1S(=O)(=O)Nc1ccncc1Br. The number of rotatable bonds is 4. The van der Waals surface area contributed by atoms with Crippen LogP contribution in [0, 0.1) is 0 Å². The lowest BCUT2D eigenvalue weighted by atomic mass is 10.4. The number of esters is 1. The highest BCUT2D eigenvalue weighted by Crippen LogP contribution is 2.27. The number of carbonyl (C=O) groups excluding carboxylic acids is 1. The highest BCUT2D eigenvalue weighted by Gasteiger charge is 2.27. The highest BCUT2D eigenvalue weighted by molar-refractivity contribution is 9.10. The van der Waals surface area contributed by atoms with E-state index in [1.54, 1.807) is 0 Å². The smallest absolute Gasteiger partial charge is 0.358 e. The molecule has 1 N–H and O–H groups in total. The molecular weight excluding hydrogens is 370 g/mol. The third kappa shape index (κ3) is 2.97. The quantitative estimate of drug-likeness (QED) is 0.816. The molecule has 106 valence electrons. The van der Waals surface area contributed by atoms with Crippen molar-refractivity contribution in [2.24, 2.45) is 0 Å². The summed E-state index contributed by atoms with van der Waals surface area (Å²) in [5.74, 6) is -0.805. The van der Waals surface area contributed by atoms with Crippen LogP contribution < -0.4 is 4.72 Å². The summed E-state index contributed by atoms with van der Waals surface area (Å²) < 4.78 is 31.7. The first kappa shape index (κ1) is 14.9. The summed E-state index contributed by atoms with van der Waals surface area (Å²) in [5, 5.41) is 0. The van der Waals surface area contributed by atoms with Crippen LogP contribution in [0.1, 0.15) is 10.5 Å². The van der Waals surface area contributed by atoms with Gasteiger partial charge in [0.1, 0.15) is 0 Å². The molecule has 20 heavy (non-hydrogen) atoms. The normalized spacial score (nSPS) is 11.1. The maximum Gasteiger partial charge on any atom is 0.358 e. The predicted octanol–water partition coefficient (Wildman–Crippen LogP) is 1.89. The van der Waals surface area contributed by atoms with E-state index in [-0.39, 0.29) is 9.90 Å². The Morgan fingerprint density at radius 3 is 2.90 bits per heavy atom. The largest absolute Gasteiger partial charge is 0.464 e. The van der Waals surface area contributed by atoms with E-state index in [0.29, 0.717) is 10.2 Å². The molecule has 0 aliphatic rings. The Morgan fingerprint density at radius 1 is 1.50 bits per heavy atom. The van der Waals surface area contributed by atoms with Crippen molar-refractivity contribution in [3.8, 4) is 0 Å². The first-order valence-corrected chi connectivity index (χ1v) is 8.25. The molecule has 0 radical (unpaired) electrons. The van der Waals surface area contributed by atoms with Gasteiger partial charge in [-0.15, -0.1) is 11.3 Å². The summed E-state index contributed by atoms with van der Waals surface area (Å²) >= 11 is 4.01. The zero-order chi connectivity index (χ0) is 14.8. The topological polar surface area (TPSA) is 98.2 Å². The third-order valence-electron chi connectivity index (χ3n) is 2.17. The second-order valence-electron chi connectivity index (χ2n) is 3.44. The standard InChI is InChI=1S/C10H8BrN3O4S2/c1-18-9(15)8-10(19-5-13-8)20(16,17)14-7-2-3-12-4-6(7)11/h2-5H,1H3,(H,12,14). The Labute approximate surface area is 127 Å². The molecule has 0 fully saturated rings. The molecule has 2 aromatic heterocycles. The van der Waals surface area contributed by atoms with Gasteiger partial charge >= 0.3 is 5.97 Å². The lowest BCUT2D eigenvalue weighted by Gasteiger charge is -2.08. The van der Waals surface area contributed by atoms with Crippen LogP contribution in [0.15, 0.2) is 32.7 Å². The predicted molar refractivity (Wildman–Crippen MR) is 76.2 cm³/mol. The summed E-state index contributed by atoms with van der Waals surface area (Å²) in [6, 6.07) is 1.49. The molecule has 0 bridgehead atoms. The summed E-state index contributed by atoms with van der Waals surface area (Å²) in [7, 11) is -2.77. The average molecular weight is 378 g/mol. The van der Waals surface area contributed by atoms with Gasteiger partial charge in [0.25, 0.3) is 10.0 Å². The van der Waals surface area contributed by atoms with Gasteiger partial charge in [-0.25, -0.2) is 18.2 Å². The molecule has 10 heteroatoms. The molecule has 0 spiro atoms. The Balaban J connectivity index is 2.40. The van der Waals surface area contributed by atoms with E-state index in [0.717, 1.165) is 18.4 Å². The Morgan fingerprint density at radius 2 is 2.25 bits per heavy atom. The van der Waals surface area contributed by atoms with Crippen molar-refractivity contribution in [1.82, 2.24) is 9.97 Å². The van der Waals surface area contributed by atoms with Crippen molar-refractivity contribution in [3.63, 3.8) is 0 Å². The molecule has 2 aromatic rings. The van der Waals surface area contributed by atoms with Crippen molar-refractivity contribution in [2.45, 2.75) is 4.21 Å². The number of carbonyl (C=O) groups is 1. The van der Waals surface area contributed by atoms with Crippen molar-refractivity contribution < 1.29 is 17.9 Å². The van der Waals surface area contributed by atoms with Crippen LogP contribution in [-0.2, 0) is 14.8 Å². The summed E-state index contributed by atoms with van der Waals surface area (Å²) in [6.45, 7) is 0. The van der Waals surface area contributed by atoms with Crippen LogP contribution in [-0.4, -0.2) is 31.5 Å². The van der Waals surface area contributed by atoms with Gasteiger partial charge in [0.2, 0.25) is 0 Å². The number of hydrogen-bond acceptors (Lipinski definition) is 7.